The summed E-state index contributed by atoms with van der Waals surface area (Å²) < 4.78 is 28.2. The third-order valence-corrected chi connectivity index (χ3v) is 7.93. The number of carbonyl (C=O) groups is 2. The fraction of sp³-hybridized carbons (Fsp3) is 0.286. The minimum absolute atomic E-state index is 0.126. The molecule has 0 aliphatic carbocycles. The Balaban J connectivity index is 1.49. The van der Waals surface area contributed by atoms with Gasteiger partial charge in [0.05, 0.1) is 10.6 Å². The first-order valence-corrected chi connectivity index (χ1v) is 13.4. The molecule has 3 aromatic carbocycles. The number of likely N-dealkylation sites (tertiary alicyclic amines) is 1. The van der Waals surface area contributed by atoms with Gasteiger partial charge in [-0.1, -0.05) is 48.5 Å². The van der Waals surface area contributed by atoms with E-state index in [2.05, 4.69) is 5.32 Å². The molecule has 7 nitrogen and oxygen atoms in total. The van der Waals surface area contributed by atoms with Gasteiger partial charge in [-0.05, 0) is 66.8 Å². The number of carbonyl (C=O) groups excluding carboxylic acids is 2. The molecular weight excluding hydrogens is 474 g/mol. The molecule has 1 N–H and O–H groups in total. The van der Waals surface area contributed by atoms with E-state index < -0.39 is 15.9 Å². The Morgan fingerprint density at radius 3 is 2.31 bits per heavy atom. The molecule has 0 unspecified atom stereocenters. The van der Waals surface area contributed by atoms with Crippen molar-refractivity contribution in [1.82, 2.24) is 10.2 Å². The summed E-state index contributed by atoms with van der Waals surface area (Å²) in [5.41, 5.74) is 4.15. The standard InChI is InChI=1S/C28H31N3O4S/c1-21-14-22(2)16-25(15-21)31(36(34,35)26-10-4-3-5-11-26)20-27(32)29-18-23-8-6-9-24(17-23)19-30-13-7-12-28(30)33/h3-6,8-11,14-17H,7,12-13,18-20H2,1-2H3,(H,29,32). The number of sulfonamides is 1. The van der Waals surface area contributed by atoms with E-state index in [1.165, 1.54) is 12.1 Å². The summed E-state index contributed by atoms with van der Waals surface area (Å²) in [4.78, 5) is 26.9. The molecule has 8 heteroatoms. The summed E-state index contributed by atoms with van der Waals surface area (Å²) in [6, 6.07) is 21.4. The molecule has 0 spiro atoms. The van der Waals surface area contributed by atoms with Crippen LogP contribution in [0.3, 0.4) is 0 Å². The van der Waals surface area contributed by atoms with E-state index in [1.54, 1.807) is 30.3 Å². The third kappa shape index (κ3) is 6.12. The smallest absolute Gasteiger partial charge is 0.264 e. The van der Waals surface area contributed by atoms with E-state index >= 15 is 0 Å². The van der Waals surface area contributed by atoms with E-state index in [0.717, 1.165) is 39.5 Å². The van der Waals surface area contributed by atoms with Crippen molar-refractivity contribution in [3.63, 3.8) is 0 Å². The first-order valence-electron chi connectivity index (χ1n) is 12.0. The molecule has 4 rings (SSSR count). The van der Waals surface area contributed by atoms with E-state index in [1.807, 2.05) is 49.1 Å². The molecule has 0 saturated carbocycles. The van der Waals surface area contributed by atoms with Gasteiger partial charge < -0.3 is 10.2 Å². The van der Waals surface area contributed by atoms with Gasteiger partial charge in [-0.25, -0.2) is 8.42 Å². The van der Waals surface area contributed by atoms with Crippen LogP contribution in [-0.4, -0.2) is 38.2 Å². The summed E-state index contributed by atoms with van der Waals surface area (Å²) in [6.07, 6.45) is 1.48. The lowest BCUT2D eigenvalue weighted by atomic mass is 10.1. The van der Waals surface area contributed by atoms with Crippen molar-refractivity contribution in [3.8, 4) is 0 Å². The number of amides is 2. The zero-order valence-electron chi connectivity index (χ0n) is 20.6. The molecule has 2 amide bonds. The maximum atomic E-state index is 13.5. The van der Waals surface area contributed by atoms with Crippen LogP contribution in [0.5, 0.6) is 0 Å². The molecule has 1 heterocycles. The number of aryl methyl sites for hydroxylation is 2. The maximum Gasteiger partial charge on any atom is 0.264 e. The van der Waals surface area contributed by atoms with Gasteiger partial charge >= 0.3 is 0 Å². The number of rotatable bonds is 9. The molecule has 0 atom stereocenters. The van der Waals surface area contributed by atoms with Crippen LogP contribution in [0.15, 0.2) is 77.7 Å². The summed E-state index contributed by atoms with van der Waals surface area (Å²) in [5.74, 6) is -0.242. The third-order valence-electron chi connectivity index (χ3n) is 6.14. The molecule has 0 aromatic heterocycles. The van der Waals surface area contributed by atoms with Crippen molar-refractivity contribution in [2.45, 2.75) is 44.7 Å². The molecule has 1 saturated heterocycles. The number of nitrogens with one attached hydrogen (secondary N) is 1. The number of nitrogens with zero attached hydrogens (tertiary/aromatic N) is 2. The quantitative estimate of drug-likeness (QED) is 0.477. The second-order valence-electron chi connectivity index (χ2n) is 9.19. The van der Waals surface area contributed by atoms with E-state index in [0.29, 0.717) is 18.7 Å². The maximum absolute atomic E-state index is 13.5. The monoisotopic (exact) mass is 505 g/mol. The predicted octanol–water partition coefficient (Wildman–Crippen LogP) is 3.94. The molecular formula is C28H31N3O4S. The van der Waals surface area contributed by atoms with Crippen LogP contribution >= 0.6 is 0 Å². The summed E-state index contributed by atoms with van der Waals surface area (Å²) in [6.45, 7) is 5.02. The largest absolute Gasteiger partial charge is 0.350 e. The van der Waals surface area contributed by atoms with E-state index in [4.69, 9.17) is 0 Å². The number of hydrogen-bond acceptors (Lipinski definition) is 4. The van der Waals surface area contributed by atoms with Crippen LogP contribution in [0.25, 0.3) is 0 Å². The molecule has 36 heavy (non-hydrogen) atoms. The fourth-order valence-electron chi connectivity index (χ4n) is 4.45. The highest BCUT2D eigenvalue weighted by Gasteiger charge is 2.27. The molecule has 1 aliphatic rings. The van der Waals surface area contributed by atoms with Gasteiger partial charge in [0, 0.05) is 26.1 Å². The fourth-order valence-corrected chi connectivity index (χ4v) is 5.87. The molecule has 1 fully saturated rings. The Morgan fingerprint density at radius 2 is 1.64 bits per heavy atom. The second kappa shape index (κ2) is 11.0. The van der Waals surface area contributed by atoms with Crippen LogP contribution in [-0.2, 0) is 32.7 Å². The van der Waals surface area contributed by atoms with Gasteiger partial charge in [0.25, 0.3) is 10.0 Å². The second-order valence-corrected chi connectivity index (χ2v) is 11.0. The Kier molecular flexibility index (Phi) is 7.74. The lowest BCUT2D eigenvalue weighted by molar-refractivity contribution is -0.128. The highest BCUT2D eigenvalue weighted by atomic mass is 32.2. The van der Waals surface area contributed by atoms with Gasteiger partial charge in [0.15, 0.2) is 0 Å². The number of benzene rings is 3. The van der Waals surface area contributed by atoms with Crippen LogP contribution < -0.4 is 9.62 Å². The lowest BCUT2D eigenvalue weighted by Gasteiger charge is -2.25. The molecule has 1 aliphatic heterocycles. The zero-order valence-corrected chi connectivity index (χ0v) is 21.4. The van der Waals surface area contributed by atoms with Crippen LogP contribution in [0.2, 0.25) is 0 Å². The average Bonchev–Trinajstić information content (AvgIpc) is 3.25. The van der Waals surface area contributed by atoms with Gasteiger partial charge in [-0.3, -0.25) is 13.9 Å². The predicted molar refractivity (Wildman–Crippen MR) is 140 cm³/mol. The highest BCUT2D eigenvalue weighted by molar-refractivity contribution is 7.92. The Morgan fingerprint density at radius 1 is 0.944 bits per heavy atom. The number of hydrogen-bond donors (Lipinski definition) is 1. The molecule has 0 radical (unpaired) electrons. The van der Waals surface area contributed by atoms with Crippen molar-refractivity contribution in [2.24, 2.45) is 0 Å². The van der Waals surface area contributed by atoms with E-state index in [9.17, 15) is 18.0 Å². The molecule has 3 aromatic rings. The van der Waals surface area contributed by atoms with Gasteiger partial charge in [-0.15, -0.1) is 0 Å². The van der Waals surface area contributed by atoms with Gasteiger partial charge in [0.1, 0.15) is 6.54 Å². The Bertz CT molecular complexity index is 1340. The Hall–Kier alpha value is -3.65. The van der Waals surface area contributed by atoms with E-state index in [-0.39, 0.29) is 23.9 Å². The molecule has 0 bridgehead atoms. The average molecular weight is 506 g/mol. The zero-order chi connectivity index (χ0) is 25.7. The van der Waals surface area contributed by atoms with Crippen LogP contribution in [0.1, 0.15) is 35.1 Å². The normalized spacial score (nSPS) is 13.6. The van der Waals surface area contributed by atoms with Crippen LogP contribution in [0, 0.1) is 13.8 Å². The summed E-state index contributed by atoms with van der Waals surface area (Å²) in [5, 5.41) is 2.86. The minimum atomic E-state index is -3.96. The lowest BCUT2D eigenvalue weighted by Crippen LogP contribution is -2.40. The van der Waals surface area contributed by atoms with Crippen molar-refractivity contribution in [2.75, 3.05) is 17.4 Å². The first-order chi connectivity index (χ1) is 17.2. The topological polar surface area (TPSA) is 86.8 Å². The first kappa shape index (κ1) is 25.4. The highest BCUT2D eigenvalue weighted by Crippen LogP contribution is 2.26. The van der Waals surface area contributed by atoms with Crippen LogP contribution in [0.4, 0.5) is 5.69 Å². The summed E-state index contributed by atoms with van der Waals surface area (Å²) in [7, 11) is -3.96. The van der Waals surface area contributed by atoms with Crippen molar-refractivity contribution >= 4 is 27.5 Å². The van der Waals surface area contributed by atoms with Crippen molar-refractivity contribution in [1.29, 1.82) is 0 Å². The molecule has 188 valence electrons. The number of anilines is 1. The minimum Gasteiger partial charge on any atom is -0.350 e. The summed E-state index contributed by atoms with van der Waals surface area (Å²) >= 11 is 0. The van der Waals surface area contributed by atoms with Crippen molar-refractivity contribution < 1.29 is 18.0 Å². The van der Waals surface area contributed by atoms with Gasteiger partial charge in [-0.2, -0.15) is 0 Å². The van der Waals surface area contributed by atoms with Gasteiger partial charge in [0.2, 0.25) is 11.8 Å². The Labute approximate surface area is 212 Å². The SMILES string of the molecule is Cc1cc(C)cc(N(CC(=O)NCc2cccc(CN3CCCC3=O)c2)S(=O)(=O)c2ccccc2)c1. The van der Waals surface area contributed by atoms with Crippen molar-refractivity contribution in [3.05, 3.63) is 95.1 Å².